The van der Waals surface area contributed by atoms with Gasteiger partial charge in [-0.15, -0.1) is 22.0 Å². The van der Waals surface area contributed by atoms with Crippen LogP contribution in [0, 0.1) is 0 Å². The lowest BCUT2D eigenvalue weighted by molar-refractivity contribution is -0.116. The van der Waals surface area contributed by atoms with Gasteiger partial charge in [0.2, 0.25) is 5.91 Å². The normalized spacial score (nSPS) is 17.7. The van der Waals surface area contributed by atoms with Crippen LogP contribution in [-0.4, -0.2) is 51.3 Å². The molecule has 1 N–H and O–H groups in total. The first-order chi connectivity index (χ1) is 13.7. The lowest BCUT2D eigenvalue weighted by atomic mass is 9.97. The number of likely N-dealkylation sites (tertiary alicyclic amines) is 1. The van der Waals surface area contributed by atoms with Crippen LogP contribution in [-0.2, 0) is 4.79 Å². The minimum absolute atomic E-state index is 0.0663. The topological polar surface area (TPSA) is 62.5 Å². The summed E-state index contributed by atoms with van der Waals surface area (Å²) in [7, 11) is 0. The maximum Gasteiger partial charge on any atom is 0.225 e. The number of carbonyl (C=O) groups is 1. The number of nitrogens with one attached hydrogen (secondary N) is 1. The standard InChI is InChI=1S/C21H25N5OS/c1-28-18-9-3-2-8-17(18)22-20(27)11-14-25-12-6-7-16(15-25)21-24-23-19-10-4-5-13-26(19)21/h2-5,8-10,13,16H,6-7,11-12,14-15H2,1H3,(H,22,27)/t16-/m1/s1. The van der Waals surface area contributed by atoms with Gasteiger partial charge in [-0.2, -0.15) is 0 Å². The number of benzene rings is 1. The zero-order valence-electron chi connectivity index (χ0n) is 16.0. The number of anilines is 1. The molecule has 0 unspecified atom stereocenters. The summed E-state index contributed by atoms with van der Waals surface area (Å²) in [4.78, 5) is 15.9. The molecule has 7 heteroatoms. The summed E-state index contributed by atoms with van der Waals surface area (Å²) in [6.45, 7) is 2.72. The summed E-state index contributed by atoms with van der Waals surface area (Å²) < 4.78 is 2.08. The fraction of sp³-hybridized carbons (Fsp3) is 0.381. The van der Waals surface area contributed by atoms with Gasteiger partial charge >= 0.3 is 0 Å². The molecular weight excluding hydrogens is 370 g/mol. The number of fused-ring (bicyclic) bond motifs is 1. The van der Waals surface area contributed by atoms with E-state index in [9.17, 15) is 4.79 Å². The summed E-state index contributed by atoms with van der Waals surface area (Å²) in [5.41, 5.74) is 1.79. The quantitative estimate of drug-likeness (QED) is 0.646. The van der Waals surface area contributed by atoms with Crippen LogP contribution >= 0.6 is 11.8 Å². The van der Waals surface area contributed by atoms with Crippen LogP contribution in [0.25, 0.3) is 5.65 Å². The Labute approximate surface area is 169 Å². The number of thioether (sulfide) groups is 1. The highest BCUT2D eigenvalue weighted by Crippen LogP contribution is 2.27. The zero-order chi connectivity index (χ0) is 19.3. The molecule has 0 radical (unpaired) electrons. The van der Waals surface area contributed by atoms with Crippen molar-refractivity contribution in [3.05, 3.63) is 54.5 Å². The molecule has 0 saturated carbocycles. The summed E-state index contributed by atoms with van der Waals surface area (Å²) >= 11 is 1.64. The molecule has 6 nitrogen and oxygen atoms in total. The average molecular weight is 396 g/mol. The highest BCUT2D eigenvalue weighted by atomic mass is 32.2. The van der Waals surface area contributed by atoms with E-state index in [2.05, 4.69) is 24.8 Å². The number of carbonyl (C=O) groups excluding carboxylic acids is 1. The second kappa shape index (κ2) is 8.75. The summed E-state index contributed by atoms with van der Waals surface area (Å²) in [6, 6.07) is 13.9. The first-order valence-corrected chi connectivity index (χ1v) is 10.9. The van der Waals surface area contributed by atoms with Crippen LogP contribution in [0.1, 0.15) is 31.0 Å². The first kappa shape index (κ1) is 19.0. The van der Waals surface area contributed by atoms with Crippen LogP contribution in [0.3, 0.4) is 0 Å². The van der Waals surface area contributed by atoms with E-state index in [4.69, 9.17) is 0 Å². The van der Waals surface area contributed by atoms with Gasteiger partial charge in [-0.1, -0.05) is 18.2 Å². The minimum atomic E-state index is 0.0663. The zero-order valence-corrected chi connectivity index (χ0v) is 16.9. The molecule has 4 rings (SSSR count). The number of hydrogen-bond acceptors (Lipinski definition) is 5. The molecule has 1 atom stereocenters. The van der Waals surface area contributed by atoms with E-state index < -0.39 is 0 Å². The van der Waals surface area contributed by atoms with Crippen LogP contribution in [0.5, 0.6) is 0 Å². The average Bonchev–Trinajstić information content (AvgIpc) is 3.17. The van der Waals surface area contributed by atoms with Gasteiger partial charge in [0.25, 0.3) is 0 Å². The summed E-state index contributed by atoms with van der Waals surface area (Å²) in [6.07, 6.45) is 6.77. The number of hydrogen-bond donors (Lipinski definition) is 1. The van der Waals surface area contributed by atoms with Crippen molar-refractivity contribution >= 4 is 29.0 Å². The molecule has 146 valence electrons. The van der Waals surface area contributed by atoms with E-state index in [1.807, 2.05) is 54.9 Å². The third-order valence-corrected chi connectivity index (χ3v) is 6.04. The van der Waals surface area contributed by atoms with Crippen LogP contribution < -0.4 is 5.32 Å². The highest BCUT2D eigenvalue weighted by molar-refractivity contribution is 7.98. The fourth-order valence-electron chi connectivity index (χ4n) is 3.83. The molecule has 3 heterocycles. The van der Waals surface area contributed by atoms with Gasteiger partial charge in [-0.25, -0.2) is 0 Å². The molecular formula is C21H25N5OS. The van der Waals surface area contributed by atoms with Crippen molar-refractivity contribution in [2.45, 2.75) is 30.1 Å². The third kappa shape index (κ3) is 4.20. The van der Waals surface area contributed by atoms with Crippen molar-refractivity contribution in [3.8, 4) is 0 Å². The van der Waals surface area contributed by atoms with Gasteiger partial charge in [-0.3, -0.25) is 9.20 Å². The molecule has 2 aromatic heterocycles. The number of piperidine rings is 1. The lowest BCUT2D eigenvalue weighted by Gasteiger charge is -2.31. The summed E-state index contributed by atoms with van der Waals surface area (Å²) in [5, 5.41) is 11.8. The van der Waals surface area contributed by atoms with Gasteiger partial charge in [0, 0.05) is 36.5 Å². The fourth-order valence-corrected chi connectivity index (χ4v) is 4.38. The molecule has 1 aliphatic heterocycles. The molecule has 3 aromatic rings. The van der Waals surface area contributed by atoms with Crippen molar-refractivity contribution in [2.24, 2.45) is 0 Å². The Bertz CT molecular complexity index is 957. The van der Waals surface area contributed by atoms with E-state index in [1.54, 1.807) is 11.8 Å². The molecule has 0 spiro atoms. The predicted octanol–water partition coefficient (Wildman–Crippen LogP) is 3.66. The smallest absolute Gasteiger partial charge is 0.225 e. The van der Waals surface area contributed by atoms with E-state index >= 15 is 0 Å². The number of rotatable bonds is 6. The predicted molar refractivity (Wildman–Crippen MR) is 113 cm³/mol. The highest BCUT2D eigenvalue weighted by Gasteiger charge is 2.25. The molecule has 1 aliphatic rings. The van der Waals surface area contributed by atoms with Crippen molar-refractivity contribution in [1.29, 1.82) is 0 Å². The molecule has 28 heavy (non-hydrogen) atoms. The van der Waals surface area contributed by atoms with Crippen molar-refractivity contribution < 1.29 is 4.79 Å². The molecule has 0 aliphatic carbocycles. The maximum atomic E-state index is 12.4. The second-order valence-electron chi connectivity index (χ2n) is 7.13. The van der Waals surface area contributed by atoms with Crippen LogP contribution in [0.2, 0.25) is 0 Å². The van der Waals surface area contributed by atoms with E-state index in [0.717, 1.165) is 54.5 Å². The Balaban J connectivity index is 1.34. The van der Waals surface area contributed by atoms with Gasteiger partial charge in [-0.05, 0) is 49.9 Å². The second-order valence-corrected chi connectivity index (χ2v) is 7.97. The molecule has 1 saturated heterocycles. The molecule has 0 bridgehead atoms. The van der Waals surface area contributed by atoms with E-state index in [0.29, 0.717) is 12.3 Å². The van der Waals surface area contributed by atoms with E-state index in [-0.39, 0.29) is 5.91 Å². The Kier molecular flexibility index (Phi) is 5.92. The molecule has 1 amide bonds. The maximum absolute atomic E-state index is 12.4. The van der Waals surface area contributed by atoms with Crippen molar-refractivity contribution in [3.63, 3.8) is 0 Å². The number of nitrogens with zero attached hydrogens (tertiary/aromatic N) is 4. The number of para-hydroxylation sites is 1. The van der Waals surface area contributed by atoms with Crippen LogP contribution in [0.4, 0.5) is 5.69 Å². The van der Waals surface area contributed by atoms with Crippen molar-refractivity contribution in [1.82, 2.24) is 19.5 Å². The van der Waals surface area contributed by atoms with E-state index in [1.165, 1.54) is 0 Å². The minimum Gasteiger partial charge on any atom is -0.325 e. The lowest BCUT2D eigenvalue weighted by Crippen LogP contribution is -2.37. The van der Waals surface area contributed by atoms with Gasteiger partial charge < -0.3 is 10.2 Å². The molecule has 1 aromatic carbocycles. The van der Waals surface area contributed by atoms with Crippen molar-refractivity contribution in [2.75, 3.05) is 31.2 Å². The van der Waals surface area contributed by atoms with Gasteiger partial charge in [0.1, 0.15) is 5.82 Å². The Morgan fingerprint density at radius 3 is 2.96 bits per heavy atom. The van der Waals surface area contributed by atoms with Gasteiger partial charge in [0.15, 0.2) is 5.65 Å². The Morgan fingerprint density at radius 1 is 1.21 bits per heavy atom. The third-order valence-electron chi connectivity index (χ3n) is 5.25. The monoisotopic (exact) mass is 395 g/mol. The SMILES string of the molecule is CSc1ccccc1NC(=O)CCN1CCC[C@@H](c2nnc3ccccn23)C1. The summed E-state index contributed by atoms with van der Waals surface area (Å²) in [5.74, 6) is 1.45. The number of aromatic nitrogens is 3. The largest absolute Gasteiger partial charge is 0.325 e. The number of amides is 1. The van der Waals surface area contributed by atoms with Gasteiger partial charge in [0.05, 0.1) is 5.69 Å². The number of pyridine rings is 1. The Morgan fingerprint density at radius 2 is 2.07 bits per heavy atom. The molecule has 1 fully saturated rings. The Hall–Kier alpha value is -2.38. The van der Waals surface area contributed by atoms with Crippen LogP contribution in [0.15, 0.2) is 53.6 Å². The first-order valence-electron chi connectivity index (χ1n) is 9.69.